The van der Waals surface area contributed by atoms with Gasteiger partial charge in [-0.25, -0.2) is 4.79 Å². The maximum atomic E-state index is 12.1. The number of benzene rings is 1. The summed E-state index contributed by atoms with van der Waals surface area (Å²) in [7, 11) is 1.96. The average molecular weight is 325 g/mol. The number of hydrogen-bond donors (Lipinski definition) is 3. The van der Waals surface area contributed by atoms with Crippen LogP contribution in [0.1, 0.15) is 28.4 Å². The lowest BCUT2D eigenvalue weighted by Gasteiger charge is -2.10. The van der Waals surface area contributed by atoms with E-state index in [0.29, 0.717) is 18.7 Å². The molecule has 0 atom stereocenters. The van der Waals surface area contributed by atoms with Crippen molar-refractivity contribution in [3.8, 4) is 11.3 Å². The van der Waals surface area contributed by atoms with E-state index in [2.05, 4.69) is 4.98 Å². The number of fused-ring (bicyclic) bond motifs is 1. The second-order valence-electron chi connectivity index (χ2n) is 5.77. The van der Waals surface area contributed by atoms with Gasteiger partial charge in [-0.05, 0) is 41.3 Å². The third kappa shape index (κ3) is 2.51. The highest BCUT2D eigenvalue weighted by Gasteiger charge is 2.15. The van der Waals surface area contributed by atoms with Crippen LogP contribution in [0, 0.1) is 0 Å². The topological polar surface area (TPSA) is 101 Å². The van der Waals surface area contributed by atoms with Crippen LogP contribution in [0.2, 0.25) is 0 Å². The van der Waals surface area contributed by atoms with Crippen molar-refractivity contribution in [2.24, 2.45) is 12.8 Å². The van der Waals surface area contributed by atoms with Gasteiger partial charge in [-0.2, -0.15) is 0 Å². The van der Waals surface area contributed by atoms with Gasteiger partial charge in [0, 0.05) is 30.7 Å². The van der Waals surface area contributed by atoms with Crippen molar-refractivity contribution in [3.63, 3.8) is 0 Å². The number of aromatic nitrogens is 2. The van der Waals surface area contributed by atoms with Crippen LogP contribution in [0.3, 0.4) is 0 Å². The number of carboxylic acids is 1. The van der Waals surface area contributed by atoms with E-state index in [1.54, 1.807) is 0 Å². The van der Waals surface area contributed by atoms with Gasteiger partial charge in [0.25, 0.3) is 5.56 Å². The molecule has 3 aromatic rings. The molecule has 0 fully saturated rings. The smallest absolute Gasteiger partial charge is 0.341 e. The molecular weight excluding hydrogens is 306 g/mol. The Morgan fingerprint density at radius 2 is 2.04 bits per heavy atom. The van der Waals surface area contributed by atoms with E-state index >= 15 is 0 Å². The molecule has 0 spiro atoms. The van der Waals surface area contributed by atoms with Crippen molar-refractivity contribution in [2.45, 2.75) is 19.9 Å². The molecule has 0 saturated heterocycles. The number of H-pyrrole nitrogens is 1. The van der Waals surface area contributed by atoms with Gasteiger partial charge in [0.2, 0.25) is 0 Å². The van der Waals surface area contributed by atoms with E-state index < -0.39 is 11.5 Å². The summed E-state index contributed by atoms with van der Waals surface area (Å²) in [5, 5.41) is 10.2. The third-order valence-corrected chi connectivity index (χ3v) is 4.31. The van der Waals surface area contributed by atoms with Crippen molar-refractivity contribution in [1.82, 2.24) is 9.55 Å². The number of aryl methyl sites for hydroxylation is 2. The van der Waals surface area contributed by atoms with Gasteiger partial charge in [0.1, 0.15) is 5.56 Å². The molecule has 2 heterocycles. The molecule has 0 aliphatic heterocycles. The van der Waals surface area contributed by atoms with Crippen LogP contribution >= 0.6 is 0 Å². The number of nitrogens with one attached hydrogen (secondary N) is 1. The second kappa shape index (κ2) is 5.98. The first kappa shape index (κ1) is 16.0. The van der Waals surface area contributed by atoms with Crippen molar-refractivity contribution in [1.29, 1.82) is 0 Å². The molecule has 6 heteroatoms. The van der Waals surface area contributed by atoms with E-state index in [9.17, 15) is 9.59 Å². The second-order valence-corrected chi connectivity index (χ2v) is 5.77. The van der Waals surface area contributed by atoms with Crippen LogP contribution in [-0.2, 0) is 20.0 Å². The molecule has 0 aliphatic rings. The molecule has 0 bridgehead atoms. The van der Waals surface area contributed by atoms with Gasteiger partial charge >= 0.3 is 5.97 Å². The number of pyridine rings is 1. The zero-order valence-corrected chi connectivity index (χ0v) is 13.6. The summed E-state index contributed by atoms with van der Waals surface area (Å²) >= 11 is 0. The third-order valence-electron chi connectivity index (χ3n) is 4.31. The van der Waals surface area contributed by atoms with E-state index in [0.717, 1.165) is 27.6 Å². The van der Waals surface area contributed by atoms with Crippen LogP contribution in [-0.4, -0.2) is 20.6 Å². The monoisotopic (exact) mass is 325 g/mol. The van der Waals surface area contributed by atoms with Crippen LogP contribution in [0.25, 0.3) is 22.2 Å². The highest BCUT2D eigenvalue weighted by Crippen LogP contribution is 2.28. The molecule has 3 rings (SSSR count). The van der Waals surface area contributed by atoms with Gasteiger partial charge in [-0.1, -0.05) is 13.0 Å². The van der Waals surface area contributed by atoms with Gasteiger partial charge in [0.15, 0.2) is 0 Å². The number of rotatable bonds is 4. The number of nitrogens with zero attached hydrogens (tertiary/aromatic N) is 1. The number of aromatic carboxylic acids is 1. The Labute approximate surface area is 138 Å². The summed E-state index contributed by atoms with van der Waals surface area (Å²) in [4.78, 5) is 25.9. The molecule has 24 heavy (non-hydrogen) atoms. The first-order valence-electron chi connectivity index (χ1n) is 7.74. The number of aromatic amines is 1. The molecule has 2 aromatic heterocycles. The van der Waals surface area contributed by atoms with Gasteiger partial charge in [0.05, 0.1) is 5.69 Å². The molecule has 0 saturated carbocycles. The zero-order valence-electron chi connectivity index (χ0n) is 13.6. The molecule has 124 valence electrons. The lowest BCUT2D eigenvalue weighted by Crippen LogP contribution is -2.19. The first-order valence-corrected chi connectivity index (χ1v) is 7.74. The lowest BCUT2D eigenvalue weighted by molar-refractivity contribution is 0.0695. The number of carboxylic acid groups (broad SMARTS) is 1. The lowest BCUT2D eigenvalue weighted by atomic mass is 10.00. The largest absolute Gasteiger partial charge is 0.477 e. The molecule has 4 N–H and O–H groups in total. The Bertz CT molecular complexity index is 999. The van der Waals surface area contributed by atoms with E-state index in [-0.39, 0.29) is 5.56 Å². The van der Waals surface area contributed by atoms with Crippen LogP contribution in [0.4, 0.5) is 0 Å². The highest BCUT2D eigenvalue weighted by molar-refractivity contribution is 5.90. The summed E-state index contributed by atoms with van der Waals surface area (Å²) in [5.74, 6) is -1.22. The van der Waals surface area contributed by atoms with E-state index in [1.807, 2.05) is 42.9 Å². The minimum Gasteiger partial charge on any atom is -0.477 e. The fourth-order valence-corrected chi connectivity index (χ4v) is 3.06. The van der Waals surface area contributed by atoms with Gasteiger partial charge < -0.3 is 20.4 Å². The normalized spacial score (nSPS) is 11.1. The summed E-state index contributed by atoms with van der Waals surface area (Å²) in [6, 6.07) is 7.35. The van der Waals surface area contributed by atoms with Crippen molar-refractivity contribution >= 4 is 16.9 Å². The number of carbonyl (C=O) groups is 1. The van der Waals surface area contributed by atoms with Crippen molar-refractivity contribution < 1.29 is 9.90 Å². The Morgan fingerprint density at radius 1 is 1.29 bits per heavy atom. The summed E-state index contributed by atoms with van der Waals surface area (Å²) in [6.45, 7) is 2.35. The molecule has 0 amide bonds. The Hall–Kier alpha value is -2.86. The average Bonchev–Trinajstić information content (AvgIpc) is 2.89. The predicted molar refractivity (Wildman–Crippen MR) is 93.2 cm³/mol. The highest BCUT2D eigenvalue weighted by atomic mass is 16.4. The SMILES string of the molecule is CCc1cc(C(=O)O)c(=O)[nH]c1-c1ccc2c(c1)c(CN)cn2C. The summed E-state index contributed by atoms with van der Waals surface area (Å²) in [5.41, 5.74) is 9.35. The maximum Gasteiger partial charge on any atom is 0.341 e. The fraction of sp³-hybridized carbons (Fsp3) is 0.222. The minimum absolute atomic E-state index is 0.237. The molecule has 0 radical (unpaired) electrons. The van der Waals surface area contributed by atoms with Gasteiger partial charge in [-0.3, -0.25) is 4.79 Å². The van der Waals surface area contributed by atoms with E-state index in [4.69, 9.17) is 10.8 Å². The van der Waals surface area contributed by atoms with Gasteiger partial charge in [-0.15, -0.1) is 0 Å². The molecule has 1 aromatic carbocycles. The standard InChI is InChI=1S/C18H19N3O3/c1-3-10-6-14(18(23)24)17(22)20-16(10)11-4-5-15-13(7-11)12(8-19)9-21(15)2/h4-7,9H,3,8,19H2,1-2H3,(H,20,22)(H,23,24). The van der Waals surface area contributed by atoms with E-state index in [1.165, 1.54) is 6.07 Å². The maximum absolute atomic E-state index is 12.1. The Kier molecular flexibility index (Phi) is 3.99. The first-order chi connectivity index (χ1) is 11.5. The Balaban J connectivity index is 2.25. The van der Waals surface area contributed by atoms with Crippen LogP contribution in [0.5, 0.6) is 0 Å². The van der Waals surface area contributed by atoms with Crippen LogP contribution < -0.4 is 11.3 Å². The summed E-state index contributed by atoms with van der Waals surface area (Å²) in [6.07, 6.45) is 2.61. The molecule has 0 unspecified atom stereocenters. The fourth-order valence-electron chi connectivity index (χ4n) is 3.06. The summed E-state index contributed by atoms with van der Waals surface area (Å²) < 4.78 is 2.01. The molecular formula is C18H19N3O3. The molecule has 0 aliphatic carbocycles. The quantitative estimate of drug-likeness (QED) is 0.685. The predicted octanol–water partition coefficient (Wildman–Crippen LogP) is 2.25. The van der Waals surface area contributed by atoms with Crippen molar-refractivity contribution in [2.75, 3.05) is 0 Å². The molecule has 6 nitrogen and oxygen atoms in total. The number of hydrogen-bond acceptors (Lipinski definition) is 3. The minimum atomic E-state index is -1.22. The number of nitrogens with two attached hydrogens (primary N) is 1. The Morgan fingerprint density at radius 3 is 2.67 bits per heavy atom. The van der Waals surface area contributed by atoms with Crippen molar-refractivity contribution in [3.05, 3.63) is 57.5 Å². The zero-order chi connectivity index (χ0) is 17.4. The van der Waals surface area contributed by atoms with Crippen LogP contribution in [0.15, 0.2) is 35.3 Å².